The predicted octanol–water partition coefficient (Wildman–Crippen LogP) is 4.85. The molecule has 0 saturated carbocycles. The molecule has 0 radical (unpaired) electrons. The second-order valence-corrected chi connectivity index (χ2v) is 7.54. The third-order valence-corrected chi connectivity index (χ3v) is 5.01. The summed E-state index contributed by atoms with van der Waals surface area (Å²) in [4.78, 5) is 18.6. The summed E-state index contributed by atoms with van der Waals surface area (Å²) < 4.78 is 49.5. The molecule has 0 aliphatic rings. The molecule has 0 atom stereocenters. The molecular formula is C21H19BrF3N3O3. The lowest BCUT2D eigenvalue weighted by atomic mass is 10.1. The van der Waals surface area contributed by atoms with Gasteiger partial charge in [0.15, 0.2) is 0 Å². The van der Waals surface area contributed by atoms with Gasteiger partial charge in [0, 0.05) is 42.2 Å². The molecule has 3 aromatic rings. The van der Waals surface area contributed by atoms with E-state index in [-0.39, 0.29) is 25.3 Å². The number of benzene rings is 2. The van der Waals surface area contributed by atoms with Crippen molar-refractivity contribution in [2.45, 2.75) is 12.6 Å². The third kappa shape index (κ3) is 6.14. The summed E-state index contributed by atoms with van der Waals surface area (Å²) >= 11 is 3.36. The zero-order valence-corrected chi connectivity index (χ0v) is 18.1. The molecule has 6 nitrogen and oxygen atoms in total. The van der Waals surface area contributed by atoms with Crippen molar-refractivity contribution < 1.29 is 27.2 Å². The topological polar surface area (TPSA) is 68.5 Å². The van der Waals surface area contributed by atoms with Gasteiger partial charge < -0.3 is 14.2 Å². The summed E-state index contributed by atoms with van der Waals surface area (Å²) in [5, 5.41) is 3.96. The quantitative estimate of drug-likeness (QED) is 0.445. The van der Waals surface area contributed by atoms with E-state index in [1.54, 1.807) is 0 Å². The second kappa shape index (κ2) is 10.1. The van der Waals surface area contributed by atoms with Crippen molar-refractivity contribution in [2.24, 2.45) is 0 Å². The Morgan fingerprint density at radius 3 is 2.39 bits per heavy atom. The van der Waals surface area contributed by atoms with Crippen LogP contribution in [0, 0.1) is 0 Å². The van der Waals surface area contributed by atoms with Gasteiger partial charge in [-0.05, 0) is 48.5 Å². The van der Waals surface area contributed by atoms with Crippen molar-refractivity contribution in [1.82, 2.24) is 15.0 Å². The molecule has 31 heavy (non-hydrogen) atoms. The van der Waals surface area contributed by atoms with Crippen LogP contribution in [0.4, 0.5) is 13.2 Å². The van der Waals surface area contributed by atoms with Gasteiger partial charge in [0.1, 0.15) is 0 Å². The van der Waals surface area contributed by atoms with Crippen LogP contribution in [0.1, 0.15) is 21.8 Å². The van der Waals surface area contributed by atoms with Gasteiger partial charge in [-0.1, -0.05) is 21.1 Å². The molecule has 1 amide bonds. The largest absolute Gasteiger partial charge is 0.416 e. The van der Waals surface area contributed by atoms with Crippen LogP contribution in [0.25, 0.3) is 11.4 Å². The van der Waals surface area contributed by atoms with E-state index in [4.69, 9.17) is 9.26 Å². The van der Waals surface area contributed by atoms with Crippen molar-refractivity contribution in [3.63, 3.8) is 0 Å². The molecule has 2 aromatic carbocycles. The van der Waals surface area contributed by atoms with Crippen molar-refractivity contribution >= 4 is 21.8 Å². The van der Waals surface area contributed by atoms with Gasteiger partial charge in [-0.25, -0.2) is 0 Å². The lowest BCUT2D eigenvalue weighted by molar-refractivity contribution is -0.137. The van der Waals surface area contributed by atoms with Gasteiger partial charge in [0.05, 0.1) is 12.2 Å². The fraction of sp³-hybridized carbons (Fsp3) is 0.286. The van der Waals surface area contributed by atoms with Crippen molar-refractivity contribution in [1.29, 1.82) is 0 Å². The van der Waals surface area contributed by atoms with E-state index in [9.17, 15) is 18.0 Å². The third-order valence-electron chi connectivity index (χ3n) is 4.48. The molecule has 0 fully saturated rings. The van der Waals surface area contributed by atoms with Crippen LogP contribution in [-0.2, 0) is 17.3 Å². The Morgan fingerprint density at radius 2 is 1.77 bits per heavy atom. The van der Waals surface area contributed by atoms with Gasteiger partial charge in [0.2, 0.25) is 11.7 Å². The summed E-state index contributed by atoms with van der Waals surface area (Å²) in [6.07, 6.45) is -4.17. The number of halogens is 4. The number of carbonyl (C=O) groups is 1. The van der Waals surface area contributed by atoms with Gasteiger partial charge in [-0.3, -0.25) is 4.79 Å². The molecule has 0 saturated heterocycles. The number of nitrogens with zero attached hydrogens (tertiary/aromatic N) is 3. The maximum absolute atomic E-state index is 12.8. The first-order valence-electron chi connectivity index (χ1n) is 9.32. The molecule has 0 unspecified atom stereocenters. The minimum atomic E-state index is -4.46. The first kappa shape index (κ1) is 23.0. The van der Waals surface area contributed by atoms with E-state index in [2.05, 4.69) is 26.1 Å². The monoisotopic (exact) mass is 497 g/mol. The molecule has 0 aliphatic heterocycles. The highest BCUT2D eigenvalue weighted by Gasteiger charge is 2.30. The average Bonchev–Trinajstić information content (AvgIpc) is 3.22. The van der Waals surface area contributed by atoms with Crippen molar-refractivity contribution in [3.05, 3.63) is 70.0 Å². The number of hydrogen-bond acceptors (Lipinski definition) is 5. The standard InChI is InChI=1S/C21H19BrF3N3O3/c1-30-13-12-28(20(29)15-2-6-16(7-3-15)21(23,24)25)11-10-18-26-19(27-31-18)14-4-8-17(22)9-5-14/h2-9H,10-13H2,1H3. The van der Waals surface area contributed by atoms with E-state index >= 15 is 0 Å². The predicted molar refractivity (Wildman–Crippen MR) is 110 cm³/mol. The minimum absolute atomic E-state index is 0.158. The molecule has 0 spiro atoms. The Hall–Kier alpha value is -2.72. The number of methoxy groups -OCH3 is 1. The fourth-order valence-corrected chi connectivity index (χ4v) is 3.07. The van der Waals surface area contributed by atoms with Crippen LogP contribution < -0.4 is 0 Å². The van der Waals surface area contributed by atoms with Crippen LogP contribution in [0.5, 0.6) is 0 Å². The summed E-state index contributed by atoms with van der Waals surface area (Å²) in [7, 11) is 1.50. The Balaban J connectivity index is 1.68. The highest BCUT2D eigenvalue weighted by Crippen LogP contribution is 2.29. The van der Waals surface area contributed by atoms with E-state index < -0.39 is 17.6 Å². The SMILES string of the molecule is COCCN(CCc1nc(-c2ccc(Br)cc2)no1)C(=O)c1ccc(C(F)(F)F)cc1. The van der Waals surface area contributed by atoms with E-state index in [0.29, 0.717) is 18.1 Å². The maximum atomic E-state index is 12.8. The molecule has 10 heteroatoms. The lowest BCUT2D eigenvalue weighted by Crippen LogP contribution is -2.35. The molecule has 3 rings (SSSR count). The molecule has 0 aliphatic carbocycles. The molecular weight excluding hydrogens is 479 g/mol. The van der Waals surface area contributed by atoms with Crippen molar-refractivity contribution in [2.75, 3.05) is 26.8 Å². The molecule has 1 aromatic heterocycles. The summed E-state index contributed by atoms with van der Waals surface area (Å²) in [6.45, 7) is 0.787. The van der Waals surface area contributed by atoms with Crippen LogP contribution in [0.3, 0.4) is 0 Å². The van der Waals surface area contributed by atoms with Gasteiger partial charge >= 0.3 is 6.18 Å². The highest BCUT2D eigenvalue weighted by atomic mass is 79.9. The average molecular weight is 498 g/mol. The zero-order valence-electron chi connectivity index (χ0n) is 16.5. The number of aromatic nitrogens is 2. The van der Waals surface area contributed by atoms with Crippen LogP contribution >= 0.6 is 15.9 Å². The van der Waals surface area contributed by atoms with Gasteiger partial charge in [0.25, 0.3) is 5.91 Å². The maximum Gasteiger partial charge on any atom is 0.416 e. The van der Waals surface area contributed by atoms with Gasteiger partial charge in [-0.15, -0.1) is 0 Å². The Labute approximate surface area is 185 Å². The summed E-state index contributed by atoms with van der Waals surface area (Å²) in [6, 6.07) is 11.5. The van der Waals surface area contributed by atoms with Crippen LogP contribution in [0.15, 0.2) is 57.5 Å². The number of carbonyl (C=O) groups excluding carboxylic acids is 1. The number of hydrogen-bond donors (Lipinski definition) is 0. The number of ether oxygens (including phenoxy) is 1. The molecule has 1 heterocycles. The minimum Gasteiger partial charge on any atom is -0.383 e. The normalized spacial score (nSPS) is 11.5. The molecule has 0 N–H and O–H groups in total. The lowest BCUT2D eigenvalue weighted by Gasteiger charge is -2.22. The van der Waals surface area contributed by atoms with Crippen LogP contribution in [-0.4, -0.2) is 47.8 Å². The Morgan fingerprint density at radius 1 is 1.10 bits per heavy atom. The highest BCUT2D eigenvalue weighted by molar-refractivity contribution is 9.10. The zero-order chi connectivity index (χ0) is 22.4. The Bertz CT molecular complexity index is 1010. The number of amides is 1. The second-order valence-electron chi connectivity index (χ2n) is 6.63. The van der Waals surface area contributed by atoms with E-state index in [1.165, 1.54) is 24.1 Å². The molecule has 0 bridgehead atoms. The van der Waals surface area contributed by atoms with Crippen molar-refractivity contribution in [3.8, 4) is 11.4 Å². The first-order chi connectivity index (χ1) is 14.8. The van der Waals surface area contributed by atoms with Crippen LogP contribution in [0.2, 0.25) is 0 Å². The smallest absolute Gasteiger partial charge is 0.383 e. The van der Waals surface area contributed by atoms with E-state index in [0.717, 1.165) is 22.2 Å². The molecule has 164 valence electrons. The summed E-state index contributed by atoms with van der Waals surface area (Å²) in [5.41, 5.74) is 0.138. The first-order valence-corrected chi connectivity index (χ1v) is 10.1. The van der Waals surface area contributed by atoms with Gasteiger partial charge in [-0.2, -0.15) is 18.2 Å². The number of rotatable bonds is 8. The number of alkyl halides is 3. The summed E-state index contributed by atoms with van der Waals surface area (Å²) in [5.74, 6) is 0.374. The Kier molecular flexibility index (Phi) is 7.45. The van der Waals surface area contributed by atoms with E-state index in [1.807, 2.05) is 24.3 Å². The fourth-order valence-electron chi connectivity index (χ4n) is 2.80.